The second-order valence-electron chi connectivity index (χ2n) is 6.14. The molecule has 0 bridgehead atoms. The minimum Gasteiger partial charge on any atom is -0.467 e. The summed E-state index contributed by atoms with van der Waals surface area (Å²) in [7, 11) is 0. The fourth-order valence-corrected chi connectivity index (χ4v) is 4.60. The summed E-state index contributed by atoms with van der Waals surface area (Å²) >= 11 is 2.99. The fraction of sp³-hybridized carbons (Fsp3) is 0.0476. The molecule has 3 aromatic heterocycles. The van der Waals surface area contributed by atoms with Crippen LogP contribution in [0.15, 0.2) is 86.8 Å². The Bertz CT molecular complexity index is 1240. The number of furan rings is 1. The van der Waals surface area contributed by atoms with E-state index >= 15 is 0 Å². The molecule has 0 aliphatic heterocycles. The Morgan fingerprint density at radius 2 is 1.76 bits per heavy atom. The van der Waals surface area contributed by atoms with E-state index < -0.39 is 0 Å². The zero-order chi connectivity index (χ0) is 19.5. The van der Waals surface area contributed by atoms with Crippen LogP contribution >= 0.6 is 23.1 Å². The number of nitrogens with one attached hydrogen (secondary N) is 1. The van der Waals surface area contributed by atoms with Gasteiger partial charge in [0.2, 0.25) is 5.13 Å². The Labute approximate surface area is 175 Å². The van der Waals surface area contributed by atoms with Crippen molar-refractivity contribution in [1.29, 1.82) is 0 Å². The van der Waals surface area contributed by atoms with Gasteiger partial charge in [-0.15, -0.1) is 10.2 Å². The second-order valence-corrected chi connectivity index (χ2v) is 8.36. The number of aromatic nitrogens is 4. The topological polar surface area (TPSA) is 76.7 Å². The van der Waals surface area contributed by atoms with Crippen molar-refractivity contribution in [3.63, 3.8) is 0 Å². The Hall–Kier alpha value is -3.23. The molecular formula is C21H15N5OS2. The summed E-state index contributed by atoms with van der Waals surface area (Å²) in [5.74, 6) is 1.55. The first kappa shape index (κ1) is 17.8. The van der Waals surface area contributed by atoms with Crippen molar-refractivity contribution in [2.24, 2.45) is 0 Å². The summed E-state index contributed by atoms with van der Waals surface area (Å²) < 4.78 is 6.15. The molecule has 6 nitrogen and oxygen atoms in total. The highest BCUT2D eigenvalue weighted by atomic mass is 32.2. The van der Waals surface area contributed by atoms with Crippen molar-refractivity contribution < 1.29 is 4.42 Å². The summed E-state index contributed by atoms with van der Waals surface area (Å²) in [4.78, 5) is 9.55. The van der Waals surface area contributed by atoms with Gasteiger partial charge in [0, 0.05) is 10.9 Å². The van der Waals surface area contributed by atoms with Crippen LogP contribution in [-0.4, -0.2) is 20.2 Å². The predicted octanol–water partition coefficient (Wildman–Crippen LogP) is 5.50. The van der Waals surface area contributed by atoms with Gasteiger partial charge in [0.1, 0.15) is 10.8 Å². The van der Waals surface area contributed by atoms with Crippen molar-refractivity contribution in [2.75, 3.05) is 5.32 Å². The zero-order valence-corrected chi connectivity index (χ0v) is 16.8. The van der Waals surface area contributed by atoms with E-state index in [0.29, 0.717) is 12.4 Å². The first-order valence-corrected chi connectivity index (χ1v) is 10.6. The van der Waals surface area contributed by atoms with Gasteiger partial charge in [-0.1, -0.05) is 59.9 Å². The van der Waals surface area contributed by atoms with Gasteiger partial charge in [-0.2, -0.15) is 0 Å². The van der Waals surface area contributed by atoms with Gasteiger partial charge in [0.25, 0.3) is 0 Å². The maximum absolute atomic E-state index is 5.33. The van der Waals surface area contributed by atoms with Gasteiger partial charge < -0.3 is 9.73 Å². The smallest absolute Gasteiger partial charge is 0.206 e. The standard InChI is InChI=1S/C21H15N5OS2/c1-2-7-14(8-3-1)18-23-17-11-5-4-10-16(17)19(24-18)28-21-26-25-20(29-21)22-13-15-9-6-12-27-15/h1-12H,13H2,(H,22,25). The van der Waals surface area contributed by atoms with Crippen LogP contribution in [0.3, 0.4) is 0 Å². The number of nitrogens with zero attached hydrogens (tertiary/aromatic N) is 4. The first-order valence-electron chi connectivity index (χ1n) is 8.95. The van der Waals surface area contributed by atoms with E-state index in [1.54, 1.807) is 6.26 Å². The molecule has 0 fully saturated rings. The molecular weight excluding hydrogens is 402 g/mol. The fourth-order valence-electron chi connectivity index (χ4n) is 2.82. The molecule has 0 aliphatic carbocycles. The lowest BCUT2D eigenvalue weighted by molar-refractivity contribution is 0.518. The van der Waals surface area contributed by atoms with E-state index in [1.165, 1.54) is 23.1 Å². The van der Waals surface area contributed by atoms with Crippen LogP contribution in [0.25, 0.3) is 22.3 Å². The van der Waals surface area contributed by atoms with Gasteiger partial charge in [-0.3, -0.25) is 0 Å². The normalized spacial score (nSPS) is 11.0. The molecule has 5 aromatic rings. The first-order chi connectivity index (χ1) is 14.3. The van der Waals surface area contributed by atoms with Crippen molar-refractivity contribution in [3.05, 3.63) is 78.8 Å². The number of hydrogen-bond donors (Lipinski definition) is 1. The molecule has 8 heteroatoms. The second kappa shape index (κ2) is 8.02. The summed E-state index contributed by atoms with van der Waals surface area (Å²) in [6.07, 6.45) is 1.66. The Kier molecular flexibility index (Phi) is 4.93. The van der Waals surface area contributed by atoms with Crippen LogP contribution in [0.4, 0.5) is 5.13 Å². The van der Waals surface area contributed by atoms with Crippen molar-refractivity contribution in [1.82, 2.24) is 20.2 Å². The van der Waals surface area contributed by atoms with Crippen molar-refractivity contribution >= 4 is 39.1 Å². The maximum atomic E-state index is 5.33. The van der Waals surface area contributed by atoms with Crippen LogP contribution in [0, 0.1) is 0 Å². The number of rotatable bonds is 6. The average molecular weight is 418 g/mol. The SMILES string of the molecule is c1ccc(-c2nc(Sc3nnc(NCc4ccco4)s3)c3ccccc3n2)cc1. The van der Waals surface area contributed by atoms with Gasteiger partial charge in [0.05, 0.1) is 18.3 Å². The quantitative estimate of drug-likeness (QED) is 0.365. The van der Waals surface area contributed by atoms with Gasteiger partial charge >= 0.3 is 0 Å². The molecule has 2 aromatic carbocycles. The van der Waals surface area contributed by atoms with Crippen molar-refractivity contribution in [3.8, 4) is 11.4 Å². The Balaban J connectivity index is 1.44. The van der Waals surface area contributed by atoms with E-state index in [2.05, 4.69) is 15.5 Å². The molecule has 1 N–H and O–H groups in total. The molecule has 5 rings (SSSR count). The highest BCUT2D eigenvalue weighted by Gasteiger charge is 2.13. The number of para-hydroxylation sites is 1. The minimum atomic E-state index is 0.570. The summed E-state index contributed by atoms with van der Waals surface area (Å²) in [5, 5.41) is 14.4. The van der Waals surface area contributed by atoms with Crippen LogP contribution in [0.1, 0.15) is 5.76 Å². The summed E-state index contributed by atoms with van der Waals surface area (Å²) in [6, 6.07) is 21.8. The number of benzene rings is 2. The Morgan fingerprint density at radius 1 is 0.897 bits per heavy atom. The Morgan fingerprint density at radius 3 is 2.62 bits per heavy atom. The molecule has 3 heterocycles. The van der Waals surface area contributed by atoms with Crippen LogP contribution in [0.2, 0.25) is 0 Å². The average Bonchev–Trinajstić information content (AvgIpc) is 3.45. The number of hydrogen-bond acceptors (Lipinski definition) is 8. The van der Waals surface area contributed by atoms with Crippen LogP contribution < -0.4 is 5.32 Å². The van der Waals surface area contributed by atoms with Crippen LogP contribution in [-0.2, 0) is 6.54 Å². The predicted molar refractivity (Wildman–Crippen MR) is 115 cm³/mol. The maximum Gasteiger partial charge on any atom is 0.206 e. The van der Waals surface area contributed by atoms with E-state index in [1.807, 2.05) is 66.7 Å². The third-order valence-corrected chi connectivity index (χ3v) is 6.12. The van der Waals surface area contributed by atoms with Crippen LogP contribution in [0.5, 0.6) is 0 Å². The zero-order valence-electron chi connectivity index (χ0n) is 15.1. The van der Waals surface area contributed by atoms with Gasteiger partial charge in [-0.25, -0.2) is 9.97 Å². The molecule has 29 heavy (non-hydrogen) atoms. The molecule has 0 aliphatic rings. The minimum absolute atomic E-state index is 0.570. The lowest BCUT2D eigenvalue weighted by atomic mass is 10.2. The molecule has 0 saturated carbocycles. The van der Waals surface area contributed by atoms with E-state index in [-0.39, 0.29) is 0 Å². The summed E-state index contributed by atoms with van der Waals surface area (Å²) in [6.45, 7) is 0.570. The molecule has 0 atom stereocenters. The highest BCUT2D eigenvalue weighted by Crippen LogP contribution is 2.35. The number of anilines is 1. The van der Waals surface area contributed by atoms with E-state index in [0.717, 1.165) is 36.7 Å². The van der Waals surface area contributed by atoms with Crippen molar-refractivity contribution in [2.45, 2.75) is 15.9 Å². The lowest BCUT2D eigenvalue weighted by Crippen LogP contribution is -1.96. The van der Waals surface area contributed by atoms with E-state index in [9.17, 15) is 0 Å². The third kappa shape index (κ3) is 3.98. The van der Waals surface area contributed by atoms with Gasteiger partial charge in [-0.05, 0) is 30.0 Å². The third-order valence-electron chi connectivity index (χ3n) is 4.18. The highest BCUT2D eigenvalue weighted by molar-refractivity contribution is 8.01. The number of fused-ring (bicyclic) bond motifs is 1. The molecule has 0 radical (unpaired) electrons. The molecule has 0 unspecified atom stereocenters. The lowest BCUT2D eigenvalue weighted by Gasteiger charge is -2.07. The molecule has 0 amide bonds. The summed E-state index contributed by atoms with van der Waals surface area (Å²) in [5.41, 5.74) is 1.89. The van der Waals surface area contributed by atoms with Gasteiger partial charge in [0.15, 0.2) is 10.2 Å². The molecule has 0 saturated heterocycles. The largest absolute Gasteiger partial charge is 0.467 e. The molecule has 142 valence electrons. The monoisotopic (exact) mass is 417 g/mol. The molecule has 0 spiro atoms. The van der Waals surface area contributed by atoms with E-state index in [4.69, 9.17) is 14.4 Å².